The maximum Gasteiger partial charge on any atom is 0.411 e. The molecule has 1 unspecified atom stereocenters. The molecule has 2 aromatic heterocycles. The number of tetrazole rings is 1. The molecule has 1 aliphatic rings. The highest BCUT2D eigenvalue weighted by molar-refractivity contribution is 6.30. The van der Waals surface area contributed by atoms with Gasteiger partial charge in [-0.2, -0.15) is 4.68 Å². The van der Waals surface area contributed by atoms with Crippen LogP contribution in [0.3, 0.4) is 0 Å². The Bertz CT molecular complexity index is 2010. The van der Waals surface area contributed by atoms with E-state index >= 15 is 4.39 Å². The molecular weight excluding hydrogens is 629 g/mol. The second-order valence-corrected chi connectivity index (χ2v) is 11.1. The summed E-state index contributed by atoms with van der Waals surface area (Å²) in [7, 11) is 2.82. The lowest BCUT2D eigenvalue weighted by molar-refractivity contribution is -0.117. The van der Waals surface area contributed by atoms with E-state index < -0.39 is 29.8 Å². The van der Waals surface area contributed by atoms with Crippen LogP contribution < -0.4 is 10.6 Å². The van der Waals surface area contributed by atoms with E-state index in [-0.39, 0.29) is 18.5 Å². The first-order chi connectivity index (χ1) is 22.7. The molecular formula is C32H27ClFN9O4. The molecule has 0 radical (unpaired) electrons. The summed E-state index contributed by atoms with van der Waals surface area (Å²) in [6, 6.07) is 13.8. The molecule has 0 spiro atoms. The van der Waals surface area contributed by atoms with Crippen LogP contribution in [0.25, 0.3) is 23.0 Å². The van der Waals surface area contributed by atoms with Gasteiger partial charge >= 0.3 is 6.09 Å². The summed E-state index contributed by atoms with van der Waals surface area (Å²) in [5.41, 5.74) is 4.07. The summed E-state index contributed by atoms with van der Waals surface area (Å²) >= 11 is 6.22. The topological polar surface area (TPSA) is 160 Å². The maximum atomic E-state index is 15.0. The van der Waals surface area contributed by atoms with Crippen molar-refractivity contribution in [1.29, 1.82) is 0 Å². The summed E-state index contributed by atoms with van der Waals surface area (Å²) in [4.78, 5) is 48.0. The Balaban J connectivity index is 1.37. The van der Waals surface area contributed by atoms with Crippen molar-refractivity contribution in [3.05, 3.63) is 112 Å². The molecule has 3 heterocycles. The molecule has 0 saturated carbocycles. The number of anilines is 1. The number of nitrogens with one attached hydrogen (secondary N) is 3. The van der Waals surface area contributed by atoms with Crippen LogP contribution in [0.15, 0.2) is 73.2 Å². The lowest BCUT2D eigenvalue weighted by atomic mass is 10.0. The molecule has 1 aliphatic heterocycles. The van der Waals surface area contributed by atoms with E-state index in [4.69, 9.17) is 16.3 Å². The van der Waals surface area contributed by atoms with Crippen LogP contribution in [-0.4, -0.2) is 67.1 Å². The van der Waals surface area contributed by atoms with Crippen molar-refractivity contribution in [1.82, 2.24) is 40.4 Å². The molecule has 1 atom stereocenters. The van der Waals surface area contributed by atoms with Crippen molar-refractivity contribution in [2.75, 3.05) is 19.5 Å². The van der Waals surface area contributed by atoms with Crippen molar-refractivity contribution < 1.29 is 23.5 Å². The summed E-state index contributed by atoms with van der Waals surface area (Å²) < 4.78 is 21.2. The summed E-state index contributed by atoms with van der Waals surface area (Å²) in [6.07, 6.45) is 5.53. The number of halogens is 2. The van der Waals surface area contributed by atoms with Crippen LogP contribution in [-0.2, 0) is 22.5 Å². The third-order valence-corrected chi connectivity index (χ3v) is 7.76. The third-order valence-electron chi connectivity index (χ3n) is 7.52. The molecule has 3 N–H and O–H groups in total. The highest BCUT2D eigenvalue weighted by atomic mass is 35.5. The highest BCUT2D eigenvalue weighted by Crippen LogP contribution is 2.30. The minimum absolute atomic E-state index is 0.0873. The van der Waals surface area contributed by atoms with E-state index in [1.165, 1.54) is 41.2 Å². The standard InChI is InChI=1S/C32H27ClFN9O4/c1-42-16-20-14-22(37-32(46)47-2)6-7-23(20)27-15-35-30(39-27)26(12-18-3-8-25(34)24(11-18)31(42)45)38-29(44)10-4-19-13-21(33)5-9-28(19)43-17-36-40-41-43/h3-11,13-15,17,26H,12,16H2,1-2H3,(H,35,39)(H,37,46)(H,38,44). The number of benzene rings is 3. The van der Waals surface area contributed by atoms with Crippen LogP contribution >= 0.6 is 11.6 Å². The monoisotopic (exact) mass is 655 g/mol. The Hall–Kier alpha value is -5.89. The second kappa shape index (κ2) is 13.2. The van der Waals surface area contributed by atoms with E-state index in [1.54, 1.807) is 61.8 Å². The molecule has 0 aliphatic carbocycles. The Kier molecular flexibility index (Phi) is 8.75. The van der Waals surface area contributed by atoms with Crippen molar-refractivity contribution in [3.63, 3.8) is 0 Å². The number of carbonyl (C=O) groups is 3. The van der Waals surface area contributed by atoms with E-state index in [2.05, 4.69) is 36.1 Å². The van der Waals surface area contributed by atoms with Gasteiger partial charge in [0.2, 0.25) is 5.91 Å². The van der Waals surface area contributed by atoms with E-state index in [9.17, 15) is 14.4 Å². The molecule has 5 aromatic rings. The van der Waals surface area contributed by atoms with Crippen LogP contribution in [0.4, 0.5) is 14.9 Å². The number of aromatic amines is 1. The van der Waals surface area contributed by atoms with Crippen LogP contribution in [0.1, 0.15) is 38.9 Å². The quantitative estimate of drug-likeness (QED) is 0.229. The smallest absolute Gasteiger partial charge is 0.411 e. The van der Waals surface area contributed by atoms with Gasteiger partial charge in [-0.3, -0.25) is 14.9 Å². The average molecular weight is 656 g/mol. The third kappa shape index (κ3) is 6.87. The molecule has 3 aromatic carbocycles. The number of hydrogen-bond acceptors (Lipinski definition) is 8. The number of H-pyrrole nitrogens is 1. The molecule has 0 saturated heterocycles. The number of methoxy groups -OCH3 is 1. The number of fused-ring (bicyclic) bond motifs is 6. The fourth-order valence-corrected chi connectivity index (χ4v) is 5.44. The number of ether oxygens (including phenoxy) is 1. The van der Waals surface area contributed by atoms with Crippen molar-refractivity contribution >= 4 is 41.3 Å². The number of carbonyl (C=O) groups excluding carboxylic acids is 3. The first-order valence-corrected chi connectivity index (χ1v) is 14.6. The number of rotatable bonds is 5. The summed E-state index contributed by atoms with van der Waals surface area (Å²) in [5.74, 6) is -1.22. The predicted molar refractivity (Wildman–Crippen MR) is 170 cm³/mol. The molecule has 47 heavy (non-hydrogen) atoms. The second-order valence-electron chi connectivity index (χ2n) is 10.7. The van der Waals surface area contributed by atoms with Crippen LogP contribution in [0, 0.1) is 5.82 Å². The van der Waals surface area contributed by atoms with Gasteiger partial charge in [-0.25, -0.2) is 14.2 Å². The van der Waals surface area contributed by atoms with Gasteiger partial charge in [0.05, 0.1) is 36.3 Å². The normalized spacial score (nSPS) is 14.5. The number of amides is 3. The largest absolute Gasteiger partial charge is 0.453 e. The van der Waals surface area contributed by atoms with Gasteiger partial charge in [0.25, 0.3) is 5.91 Å². The SMILES string of the molecule is COC(=O)Nc1ccc2c(c1)CN(C)C(=O)c1cc(ccc1F)CC(NC(=O)C=Cc1cc(Cl)ccc1-n1cnnn1)c1ncc-2[nH]1. The van der Waals surface area contributed by atoms with Gasteiger partial charge in [-0.05, 0) is 76.5 Å². The van der Waals surface area contributed by atoms with E-state index in [0.29, 0.717) is 50.2 Å². The molecule has 238 valence electrons. The molecule has 15 heteroatoms. The Morgan fingerprint density at radius 3 is 2.77 bits per heavy atom. The molecule has 13 nitrogen and oxygen atoms in total. The lowest BCUT2D eigenvalue weighted by Gasteiger charge is -2.20. The van der Waals surface area contributed by atoms with Crippen molar-refractivity contribution in [3.8, 4) is 16.9 Å². The van der Waals surface area contributed by atoms with Gasteiger partial charge in [0.15, 0.2) is 0 Å². The van der Waals surface area contributed by atoms with Gasteiger partial charge < -0.3 is 19.9 Å². The van der Waals surface area contributed by atoms with Crippen molar-refractivity contribution in [2.24, 2.45) is 0 Å². The maximum absolute atomic E-state index is 15.0. The average Bonchev–Trinajstić information content (AvgIpc) is 3.77. The minimum Gasteiger partial charge on any atom is -0.453 e. The van der Waals surface area contributed by atoms with Gasteiger partial charge in [-0.1, -0.05) is 23.7 Å². The first kappa shape index (κ1) is 31.1. The number of hydrogen-bond donors (Lipinski definition) is 3. The zero-order valence-corrected chi connectivity index (χ0v) is 25.8. The fraction of sp³-hybridized carbons (Fsp3) is 0.156. The van der Waals surface area contributed by atoms with Gasteiger partial charge in [-0.15, -0.1) is 5.10 Å². The number of imidazole rings is 1. The fourth-order valence-electron chi connectivity index (χ4n) is 5.26. The van der Waals surface area contributed by atoms with Gasteiger partial charge in [0, 0.05) is 41.5 Å². The first-order valence-electron chi connectivity index (χ1n) is 14.3. The Morgan fingerprint density at radius 1 is 1.13 bits per heavy atom. The number of nitrogens with zero attached hydrogens (tertiary/aromatic N) is 6. The van der Waals surface area contributed by atoms with E-state index in [1.807, 2.05) is 0 Å². The molecule has 4 bridgehead atoms. The predicted octanol–water partition coefficient (Wildman–Crippen LogP) is 4.72. The highest BCUT2D eigenvalue weighted by Gasteiger charge is 2.24. The lowest BCUT2D eigenvalue weighted by Crippen LogP contribution is -2.29. The Labute approximate surface area is 272 Å². The minimum atomic E-state index is -0.699. The van der Waals surface area contributed by atoms with Crippen molar-refractivity contribution in [2.45, 2.75) is 19.0 Å². The van der Waals surface area contributed by atoms with Gasteiger partial charge in [0.1, 0.15) is 18.0 Å². The van der Waals surface area contributed by atoms with Crippen LogP contribution in [0.2, 0.25) is 5.02 Å². The zero-order chi connectivity index (χ0) is 33.1. The van der Waals surface area contributed by atoms with Crippen LogP contribution in [0.5, 0.6) is 0 Å². The molecule has 3 amide bonds. The zero-order valence-electron chi connectivity index (χ0n) is 25.1. The summed E-state index contributed by atoms with van der Waals surface area (Å²) in [6.45, 7) is 0.0873. The summed E-state index contributed by atoms with van der Waals surface area (Å²) in [5, 5.41) is 17.3. The number of aromatic nitrogens is 6. The molecule has 0 fully saturated rings. The van der Waals surface area contributed by atoms with E-state index in [0.717, 1.165) is 0 Å². The molecule has 6 rings (SSSR count). The Morgan fingerprint density at radius 2 is 1.98 bits per heavy atom.